The van der Waals surface area contributed by atoms with E-state index in [1.54, 1.807) is 10.7 Å². The minimum Gasteiger partial charge on any atom is -0.475 e. The molecule has 102 valence electrons. The average molecular weight is 263 g/mol. The average Bonchev–Trinajstić information content (AvgIpc) is 3.04. The summed E-state index contributed by atoms with van der Waals surface area (Å²) in [4.78, 5) is 15.2. The fourth-order valence-corrected chi connectivity index (χ4v) is 1.92. The number of hydrogen-bond acceptors (Lipinski definition) is 4. The maximum absolute atomic E-state index is 10.8. The second kappa shape index (κ2) is 5.26. The normalized spacial score (nSPS) is 12.6. The number of aryl methyl sites for hydroxylation is 2. The third kappa shape index (κ3) is 2.52. The predicted molar refractivity (Wildman–Crippen MR) is 68.3 cm³/mol. The van der Waals surface area contributed by atoms with Crippen LogP contribution in [0.15, 0.2) is 16.5 Å². The predicted octanol–water partition coefficient (Wildman–Crippen LogP) is 2.30. The summed E-state index contributed by atoms with van der Waals surface area (Å²) in [6, 6.07) is 2.95. The minimum absolute atomic E-state index is 0.0595. The van der Waals surface area contributed by atoms with Gasteiger partial charge in [-0.25, -0.2) is 14.5 Å². The van der Waals surface area contributed by atoms with Gasteiger partial charge in [-0.15, -0.1) is 0 Å². The lowest BCUT2D eigenvalue weighted by molar-refractivity contribution is 0.0659. The molecule has 0 aromatic carbocycles. The van der Waals surface area contributed by atoms with Gasteiger partial charge in [-0.2, -0.15) is 5.10 Å². The smallest absolute Gasteiger partial charge is 0.371 e. The second-order valence-corrected chi connectivity index (χ2v) is 4.28. The van der Waals surface area contributed by atoms with Crippen LogP contribution in [0.4, 0.5) is 0 Å². The molecule has 0 fully saturated rings. The Bertz CT molecular complexity index is 586. The van der Waals surface area contributed by atoms with Crippen LogP contribution in [0.5, 0.6) is 0 Å². The Balaban J connectivity index is 2.34. The number of nitrogens with zero attached hydrogens (tertiary/aromatic N) is 3. The van der Waals surface area contributed by atoms with Crippen molar-refractivity contribution >= 4 is 5.97 Å². The van der Waals surface area contributed by atoms with Gasteiger partial charge in [0.2, 0.25) is 5.76 Å². The van der Waals surface area contributed by atoms with Gasteiger partial charge in [0, 0.05) is 12.8 Å². The van der Waals surface area contributed by atoms with Crippen molar-refractivity contribution in [3.05, 3.63) is 35.3 Å². The molecule has 0 saturated heterocycles. The molecule has 6 heteroatoms. The fourth-order valence-electron chi connectivity index (χ4n) is 1.92. The first kappa shape index (κ1) is 13.3. The number of aromatic nitrogens is 3. The van der Waals surface area contributed by atoms with Crippen molar-refractivity contribution in [3.63, 3.8) is 0 Å². The third-order valence-electron chi connectivity index (χ3n) is 2.99. The largest absolute Gasteiger partial charge is 0.475 e. The van der Waals surface area contributed by atoms with Crippen molar-refractivity contribution in [1.29, 1.82) is 0 Å². The zero-order valence-electron chi connectivity index (χ0n) is 11.3. The summed E-state index contributed by atoms with van der Waals surface area (Å²) < 4.78 is 7.11. The molecule has 0 radical (unpaired) electrons. The van der Waals surface area contributed by atoms with Gasteiger partial charge in [0.15, 0.2) is 5.82 Å². The van der Waals surface area contributed by atoms with E-state index in [0.717, 1.165) is 24.5 Å². The number of carbonyl (C=O) groups is 1. The molecule has 0 bridgehead atoms. The van der Waals surface area contributed by atoms with Crippen LogP contribution < -0.4 is 0 Å². The van der Waals surface area contributed by atoms with Crippen LogP contribution in [0.1, 0.15) is 54.8 Å². The zero-order valence-corrected chi connectivity index (χ0v) is 11.3. The van der Waals surface area contributed by atoms with Crippen LogP contribution in [0.2, 0.25) is 0 Å². The van der Waals surface area contributed by atoms with Crippen LogP contribution in [0.3, 0.4) is 0 Å². The van der Waals surface area contributed by atoms with Crippen molar-refractivity contribution in [2.24, 2.45) is 0 Å². The van der Waals surface area contributed by atoms with Crippen LogP contribution in [0.25, 0.3) is 0 Å². The van der Waals surface area contributed by atoms with Gasteiger partial charge in [0.1, 0.15) is 17.6 Å². The lowest BCUT2D eigenvalue weighted by Crippen LogP contribution is -2.11. The Morgan fingerprint density at radius 1 is 1.42 bits per heavy atom. The van der Waals surface area contributed by atoms with E-state index in [9.17, 15) is 4.79 Å². The van der Waals surface area contributed by atoms with Gasteiger partial charge >= 0.3 is 5.97 Å². The molecule has 2 aromatic heterocycles. The molecule has 2 heterocycles. The second-order valence-electron chi connectivity index (χ2n) is 4.28. The number of aromatic carboxylic acids is 1. The summed E-state index contributed by atoms with van der Waals surface area (Å²) in [5.74, 6) is 1.10. The Labute approximate surface area is 111 Å². The molecule has 1 unspecified atom stereocenters. The maximum Gasteiger partial charge on any atom is 0.371 e. The molecule has 2 rings (SSSR count). The molecule has 6 nitrogen and oxygen atoms in total. The summed E-state index contributed by atoms with van der Waals surface area (Å²) in [5, 5.41) is 13.3. The SMILES string of the molecule is CCc1nc(CC)n(C(C)c2ccc(C(=O)O)o2)n1. The Morgan fingerprint density at radius 2 is 2.16 bits per heavy atom. The molecule has 0 aliphatic rings. The molecular formula is C13H17N3O3. The number of hydrogen-bond donors (Lipinski definition) is 1. The first-order valence-electron chi connectivity index (χ1n) is 6.34. The van der Waals surface area contributed by atoms with E-state index < -0.39 is 5.97 Å². The molecule has 1 N–H and O–H groups in total. The van der Waals surface area contributed by atoms with Gasteiger partial charge in [-0.3, -0.25) is 0 Å². The van der Waals surface area contributed by atoms with Gasteiger partial charge in [0.05, 0.1) is 0 Å². The Morgan fingerprint density at radius 3 is 2.68 bits per heavy atom. The van der Waals surface area contributed by atoms with Crippen molar-refractivity contribution in [3.8, 4) is 0 Å². The van der Waals surface area contributed by atoms with E-state index in [-0.39, 0.29) is 11.8 Å². The van der Waals surface area contributed by atoms with E-state index in [2.05, 4.69) is 10.1 Å². The lowest BCUT2D eigenvalue weighted by Gasteiger charge is -2.11. The van der Waals surface area contributed by atoms with E-state index in [4.69, 9.17) is 9.52 Å². The summed E-state index contributed by atoms with van der Waals surface area (Å²) >= 11 is 0. The molecule has 1 atom stereocenters. The highest BCUT2D eigenvalue weighted by molar-refractivity contribution is 5.84. The first-order valence-corrected chi connectivity index (χ1v) is 6.34. The number of carboxylic acid groups (broad SMARTS) is 1. The molecule has 2 aromatic rings. The zero-order chi connectivity index (χ0) is 14.0. The van der Waals surface area contributed by atoms with E-state index in [1.807, 2.05) is 20.8 Å². The van der Waals surface area contributed by atoms with Crippen molar-refractivity contribution in [2.75, 3.05) is 0 Å². The van der Waals surface area contributed by atoms with Gasteiger partial charge in [0.25, 0.3) is 0 Å². The number of carboxylic acids is 1. The molecule has 0 spiro atoms. The van der Waals surface area contributed by atoms with Crippen molar-refractivity contribution in [2.45, 2.75) is 39.7 Å². The monoisotopic (exact) mass is 263 g/mol. The van der Waals surface area contributed by atoms with Gasteiger partial charge in [-0.1, -0.05) is 13.8 Å². The summed E-state index contributed by atoms with van der Waals surface area (Å²) in [5.41, 5.74) is 0. The first-order chi connectivity index (χ1) is 9.06. The highest BCUT2D eigenvalue weighted by Gasteiger charge is 2.19. The Kier molecular flexibility index (Phi) is 3.69. The van der Waals surface area contributed by atoms with Gasteiger partial charge in [-0.05, 0) is 19.1 Å². The topological polar surface area (TPSA) is 81.2 Å². The number of furan rings is 1. The summed E-state index contributed by atoms with van der Waals surface area (Å²) in [6.07, 6.45) is 1.54. The third-order valence-corrected chi connectivity index (χ3v) is 2.99. The van der Waals surface area contributed by atoms with E-state index in [0.29, 0.717) is 5.76 Å². The molecule has 0 aliphatic heterocycles. The molecule has 0 amide bonds. The van der Waals surface area contributed by atoms with Gasteiger partial charge < -0.3 is 9.52 Å². The summed E-state index contributed by atoms with van der Waals surface area (Å²) in [6.45, 7) is 5.93. The lowest BCUT2D eigenvalue weighted by atomic mass is 10.2. The van der Waals surface area contributed by atoms with Crippen LogP contribution in [-0.2, 0) is 12.8 Å². The van der Waals surface area contributed by atoms with Crippen molar-refractivity contribution in [1.82, 2.24) is 14.8 Å². The van der Waals surface area contributed by atoms with Crippen LogP contribution in [0, 0.1) is 0 Å². The standard InChI is InChI=1S/C13H17N3O3/c1-4-11-14-12(5-2)16(15-11)8(3)9-6-7-10(19-9)13(17)18/h6-8H,4-5H2,1-3H3,(H,17,18). The van der Waals surface area contributed by atoms with Crippen LogP contribution in [-0.4, -0.2) is 25.8 Å². The van der Waals surface area contributed by atoms with E-state index in [1.165, 1.54) is 6.07 Å². The highest BCUT2D eigenvalue weighted by atomic mass is 16.4. The molecule has 0 aliphatic carbocycles. The van der Waals surface area contributed by atoms with Crippen molar-refractivity contribution < 1.29 is 14.3 Å². The molecule has 0 saturated carbocycles. The Hall–Kier alpha value is -2.11. The van der Waals surface area contributed by atoms with E-state index >= 15 is 0 Å². The van der Waals surface area contributed by atoms with Crippen LogP contribution >= 0.6 is 0 Å². The molecule has 19 heavy (non-hydrogen) atoms. The highest BCUT2D eigenvalue weighted by Crippen LogP contribution is 2.21. The fraction of sp³-hybridized carbons (Fsp3) is 0.462. The quantitative estimate of drug-likeness (QED) is 0.895. The summed E-state index contributed by atoms with van der Waals surface area (Å²) in [7, 11) is 0. The minimum atomic E-state index is -1.07. The maximum atomic E-state index is 10.8. The molecular weight excluding hydrogens is 246 g/mol. The number of rotatable bonds is 5.